The van der Waals surface area contributed by atoms with Gasteiger partial charge in [0.05, 0.1) is 18.0 Å². The minimum atomic E-state index is -3.31. The second-order valence-corrected chi connectivity index (χ2v) is 5.63. The number of anilines is 1. The summed E-state index contributed by atoms with van der Waals surface area (Å²) < 4.78 is 30.7. The molecule has 0 spiro atoms. The molecule has 0 saturated carbocycles. The van der Waals surface area contributed by atoms with Crippen LogP contribution >= 0.6 is 0 Å². The summed E-state index contributed by atoms with van der Waals surface area (Å²) in [6, 6.07) is 6.91. The first-order valence-electron chi connectivity index (χ1n) is 4.62. The summed E-state index contributed by atoms with van der Waals surface area (Å²) in [6.45, 7) is 3.25. The maximum Gasteiger partial charge on any atom is 0.235 e. The van der Waals surface area contributed by atoms with Crippen molar-refractivity contribution < 1.29 is 13.2 Å². The third kappa shape index (κ3) is 2.86. The van der Waals surface area contributed by atoms with Crippen molar-refractivity contribution >= 4 is 15.7 Å². The lowest BCUT2D eigenvalue weighted by atomic mass is 10.3. The Balaban J connectivity index is 3.00. The molecular formula is C10H15NO3S. The van der Waals surface area contributed by atoms with Crippen molar-refractivity contribution in [3.05, 3.63) is 24.3 Å². The molecule has 0 atom stereocenters. The first kappa shape index (κ1) is 11.8. The Bertz CT molecular complexity index is 426. The highest BCUT2D eigenvalue weighted by molar-refractivity contribution is 7.93. The average molecular weight is 229 g/mol. The van der Waals surface area contributed by atoms with Gasteiger partial charge in [0.25, 0.3) is 0 Å². The molecule has 0 amide bonds. The lowest BCUT2D eigenvalue weighted by Crippen LogP contribution is -2.22. The zero-order chi connectivity index (χ0) is 11.5. The summed E-state index contributed by atoms with van der Waals surface area (Å²) in [6.07, 6.45) is 0. The molecule has 1 aromatic rings. The van der Waals surface area contributed by atoms with E-state index in [1.165, 1.54) is 7.11 Å². The number of hydrogen-bond donors (Lipinski definition) is 1. The molecule has 0 radical (unpaired) electrons. The maximum absolute atomic E-state index is 11.6. The van der Waals surface area contributed by atoms with Crippen LogP contribution in [-0.2, 0) is 10.0 Å². The number of nitrogens with one attached hydrogen (secondary N) is 1. The lowest BCUT2D eigenvalue weighted by Gasteiger charge is -2.13. The monoisotopic (exact) mass is 229 g/mol. The van der Waals surface area contributed by atoms with Gasteiger partial charge in [-0.2, -0.15) is 0 Å². The van der Waals surface area contributed by atoms with Crippen LogP contribution in [0.2, 0.25) is 0 Å². The van der Waals surface area contributed by atoms with Crippen LogP contribution in [-0.4, -0.2) is 20.8 Å². The molecule has 0 aliphatic carbocycles. The highest BCUT2D eigenvalue weighted by atomic mass is 32.2. The second kappa shape index (κ2) is 4.53. The highest BCUT2D eigenvalue weighted by Gasteiger charge is 2.17. The number of benzene rings is 1. The Morgan fingerprint density at radius 1 is 1.27 bits per heavy atom. The van der Waals surface area contributed by atoms with E-state index in [2.05, 4.69) is 4.72 Å². The standard InChI is InChI=1S/C10H15NO3S/c1-8(2)15(12,13)11-9-6-4-5-7-10(9)14-3/h4-8,11H,1-3H3. The van der Waals surface area contributed by atoms with E-state index < -0.39 is 15.3 Å². The molecule has 0 fully saturated rings. The van der Waals surface area contributed by atoms with E-state index in [4.69, 9.17) is 4.74 Å². The molecule has 5 heteroatoms. The summed E-state index contributed by atoms with van der Waals surface area (Å²) >= 11 is 0. The minimum absolute atomic E-state index is 0.466. The smallest absolute Gasteiger partial charge is 0.235 e. The molecule has 1 aromatic carbocycles. The Morgan fingerprint density at radius 2 is 1.87 bits per heavy atom. The molecule has 0 saturated heterocycles. The van der Waals surface area contributed by atoms with Crippen LogP contribution in [0.4, 0.5) is 5.69 Å². The predicted octanol–water partition coefficient (Wildman–Crippen LogP) is 1.85. The van der Waals surface area contributed by atoms with Gasteiger partial charge in [-0.1, -0.05) is 12.1 Å². The van der Waals surface area contributed by atoms with Gasteiger partial charge in [-0.25, -0.2) is 8.42 Å². The van der Waals surface area contributed by atoms with Gasteiger partial charge < -0.3 is 4.74 Å². The Morgan fingerprint density at radius 3 is 2.40 bits per heavy atom. The Labute approximate surface area is 90.3 Å². The number of para-hydroxylation sites is 2. The van der Waals surface area contributed by atoms with Crippen molar-refractivity contribution in [2.75, 3.05) is 11.8 Å². The third-order valence-electron chi connectivity index (χ3n) is 1.98. The largest absolute Gasteiger partial charge is 0.495 e. The SMILES string of the molecule is COc1ccccc1NS(=O)(=O)C(C)C. The third-order valence-corrected chi connectivity index (χ3v) is 3.73. The molecule has 0 bridgehead atoms. The number of rotatable bonds is 4. The Hall–Kier alpha value is -1.23. The summed E-state index contributed by atoms with van der Waals surface area (Å²) in [5.41, 5.74) is 0.466. The number of methoxy groups -OCH3 is 1. The molecule has 0 aliphatic heterocycles. The molecule has 0 heterocycles. The quantitative estimate of drug-likeness (QED) is 0.857. The molecule has 1 rings (SSSR count). The van der Waals surface area contributed by atoms with Crippen molar-refractivity contribution in [1.82, 2.24) is 0 Å². The van der Waals surface area contributed by atoms with Gasteiger partial charge in [-0.15, -0.1) is 0 Å². The molecule has 0 unspecified atom stereocenters. The molecule has 0 aromatic heterocycles. The fourth-order valence-corrected chi connectivity index (χ4v) is 1.71. The summed E-state index contributed by atoms with van der Waals surface area (Å²) in [4.78, 5) is 0. The highest BCUT2D eigenvalue weighted by Crippen LogP contribution is 2.24. The van der Waals surface area contributed by atoms with Gasteiger partial charge >= 0.3 is 0 Å². The molecule has 84 valence electrons. The minimum Gasteiger partial charge on any atom is -0.495 e. The van der Waals surface area contributed by atoms with Crippen LogP contribution in [0.1, 0.15) is 13.8 Å². The number of ether oxygens (including phenoxy) is 1. The summed E-state index contributed by atoms with van der Waals surface area (Å²) in [5.74, 6) is 0.515. The van der Waals surface area contributed by atoms with E-state index in [0.29, 0.717) is 11.4 Å². The van der Waals surface area contributed by atoms with E-state index in [1.807, 2.05) is 0 Å². The summed E-state index contributed by atoms with van der Waals surface area (Å²) in [5, 5.41) is -0.470. The second-order valence-electron chi connectivity index (χ2n) is 3.40. The lowest BCUT2D eigenvalue weighted by molar-refractivity contribution is 0.417. The van der Waals surface area contributed by atoms with E-state index in [0.717, 1.165) is 0 Å². The molecule has 0 aliphatic rings. The first-order valence-corrected chi connectivity index (χ1v) is 6.16. The van der Waals surface area contributed by atoms with Crippen LogP contribution in [0.3, 0.4) is 0 Å². The normalized spacial score (nSPS) is 11.5. The topological polar surface area (TPSA) is 55.4 Å². The van der Waals surface area contributed by atoms with Crippen molar-refractivity contribution in [3.63, 3.8) is 0 Å². The first-order chi connectivity index (χ1) is 6.97. The van der Waals surface area contributed by atoms with Gasteiger partial charge in [0.1, 0.15) is 5.75 Å². The fourth-order valence-electron chi connectivity index (χ4n) is 1.00. The molecule has 15 heavy (non-hydrogen) atoms. The van der Waals surface area contributed by atoms with Crippen molar-refractivity contribution in [3.8, 4) is 5.75 Å². The Kier molecular flexibility index (Phi) is 3.57. The molecular weight excluding hydrogens is 214 g/mol. The van der Waals surface area contributed by atoms with E-state index in [-0.39, 0.29) is 0 Å². The van der Waals surface area contributed by atoms with E-state index in [9.17, 15) is 8.42 Å². The van der Waals surface area contributed by atoms with Crippen molar-refractivity contribution in [2.24, 2.45) is 0 Å². The van der Waals surface area contributed by atoms with Crippen molar-refractivity contribution in [2.45, 2.75) is 19.1 Å². The van der Waals surface area contributed by atoms with Crippen LogP contribution in [0.5, 0.6) is 5.75 Å². The zero-order valence-corrected chi connectivity index (χ0v) is 9.84. The predicted molar refractivity (Wildman–Crippen MR) is 60.7 cm³/mol. The average Bonchev–Trinajstić information content (AvgIpc) is 2.18. The van der Waals surface area contributed by atoms with Crippen LogP contribution < -0.4 is 9.46 Å². The molecule has 4 nitrogen and oxygen atoms in total. The van der Waals surface area contributed by atoms with Crippen LogP contribution in [0.15, 0.2) is 24.3 Å². The van der Waals surface area contributed by atoms with Gasteiger partial charge in [0.2, 0.25) is 10.0 Å². The van der Waals surface area contributed by atoms with Crippen molar-refractivity contribution in [1.29, 1.82) is 0 Å². The number of hydrogen-bond acceptors (Lipinski definition) is 3. The van der Waals surface area contributed by atoms with Gasteiger partial charge in [0.15, 0.2) is 0 Å². The zero-order valence-electron chi connectivity index (χ0n) is 9.02. The fraction of sp³-hybridized carbons (Fsp3) is 0.400. The van der Waals surface area contributed by atoms with E-state index >= 15 is 0 Å². The van der Waals surface area contributed by atoms with Gasteiger partial charge in [-0.3, -0.25) is 4.72 Å². The number of sulfonamides is 1. The van der Waals surface area contributed by atoms with E-state index in [1.54, 1.807) is 38.1 Å². The van der Waals surface area contributed by atoms with Gasteiger partial charge in [-0.05, 0) is 26.0 Å². The van der Waals surface area contributed by atoms with Crippen LogP contribution in [0, 0.1) is 0 Å². The molecule has 1 N–H and O–H groups in total. The van der Waals surface area contributed by atoms with Gasteiger partial charge in [0, 0.05) is 0 Å². The summed E-state index contributed by atoms with van der Waals surface area (Å²) in [7, 11) is -1.81. The maximum atomic E-state index is 11.6. The van der Waals surface area contributed by atoms with Crippen LogP contribution in [0.25, 0.3) is 0 Å².